The molecule has 60 valence electrons. The minimum absolute atomic E-state index is 0.773. The fourth-order valence-corrected chi connectivity index (χ4v) is 1.46. The number of nitrogens with one attached hydrogen (secondary N) is 1. The van der Waals surface area contributed by atoms with Gasteiger partial charge in [-0.15, -0.1) is 0 Å². The Morgan fingerprint density at radius 3 is 3.00 bits per heavy atom. The molecule has 1 fully saturated rings. The second-order valence-corrected chi connectivity index (χ2v) is 3.13. The fourth-order valence-electron chi connectivity index (χ4n) is 1.46. The molecule has 2 heteroatoms. The van der Waals surface area contributed by atoms with Gasteiger partial charge in [-0.2, -0.15) is 0 Å². The topological polar surface area (TPSA) is 38.0 Å². The molecule has 3 N–H and O–H groups in total. The molecule has 0 radical (unpaired) electrons. The van der Waals surface area contributed by atoms with Crippen LogP contribution in [0, 0.1) is 5.92 Å². The maximum Gasteiger partial charge on any atom is 0.00996 e. The summed E-state index contributed by atoms with van der Waals surface area (Å²) in [4.78, 5) is 0. The summed E-state index contributed by atoms with van der Waals surface area (Å²) in [7, 11) is 0. The Bertz CT molecular complexity index is 93.3. The molecule has 0 bridgehead atoms. The van der Waals surface area contributed by atoms with E-state index in [4.69, 9.17) is 5.73 Å². The molecule has 2 nitrogen and oxygen atoms in total. The van der Waals surface area contributed by atoms with Crippen LogP contribution in [0.4, 0.5) is 0 Å². The number of nitrogens with two attached hydrogens (primary N) is 1. The van der Waals surface area contributed by atoms with Crippen LogP contribution in [0.3, 0.4) is 0 Å². The average Bonchev–Trinajstić information content (AvgIpc) is 2.65. The summed E-state index contributed by atoms with van der Waals surface area (Å²) < 4.78 is 0. The van der Waals surface area contributed by atoms with Gasteiger partial charge in [-0.3, -0.25) is 0 Å². The molecule has 0 aromatic heterocycles. The van der Waals surface area contributed by atoms with E-state index >= 15 is 0 Å². The van der Waals surface area contributed by atoms with Gasteiger partial charge in [-0.05, 0) is 18.8 Å². The summed E-state index contributed by atoms with van der Waals surface area (Å²) in [6.07, 6.45) is 4.10. The molecule has 2 unspecified atom stereocenters. The molecular formula is C8H18N2. The fraction of sp³-hybridized carbons (Fsp3) is 1.00. The van der Waals surface area contributed by atoms with Crippen LogP contribution >= 0.6 is 0 Å². The average molecular weight is 142 g/mol. The molecule has 1 aliphatic carbocycles. The van der Waals surface area contributed by atoms with Crippen LogP contribution in [0.15, 0.2) is 0 Å². The zero-order valence-corrected chi connectivity index (χ0v) is 6.77. The van der Waals surface area contributed by atoms with Crippen LogP contribution in [0.5, 0.6) is 0 Å². The van der Waals surface area contributed by atoms with Crippen molar-refractivity contribution in [2.75, 3.05) is 13.1 Å². The van der Waals surface area contributed by atoms with E-state index in [2.05, 4.69) is 12.2 Å². The smallest absolute Gasteiger partial charge is 0.00996 e. The zero-order chi connectivity index (χ0) is 7.40. The van der Waals surface area contributed by atoms with Gasteiger partial charge in [0.15, 0.2) is 0 Å². The standard InChI is InChI=1S/C8H18N2/c1-2-3-7-6-8(7)10-5-4-9/h7-8,10H,2-6,9H2,1H3. The Balaban J connectivity index is 1.92. The van der Waals surface area contributed by atoms with Crippen LogP contribution in [0.1, 0.15) is 26.2 Å². The van der Waals surface area contributed by atoms with Gasteiger partial charge < -0.3 is 11.1 Å². The van der Waals surface area contributed by atoms with Crippen molar-refractivity contribution in [3.8, 4) is 0 Å². The molecule has 0 aromatic carbocycles. The Labute approximate surface area is 63.2 Å². The van der Waals surface area contributed by atoms with Gasteiger partial charge in [0.2, 0.25) is 0 Å². The van der Waals surface area contributed by atoms with Gasteiger partial charge in [0.25, 0.3) is 0 Å². The second kappa shape index (κ2) is 3.94. The van der Waals surface area contributed by atoms with Crippen molar-refractivity contribution in [3.63, 3.8) is 0 Å². The van der Waals surface area contributed by atoms with Gasteiger partial charge in [0.1, 0.15) is 0 Å². The molecule has 0 spiro atoms. The van der Waals surface area contributed by atoms with Crippen molar-refractivity contribution in [2.45, 2.75) is 32.2 Å². The lowest BCUT2D eigenvalue weighted by atomic mass is 10.2. The largest absolute Gasteiger partial charge is 0.329 e. The Hall–Kier alpha value is -0.0800. The van der Waals surface area contributed by atoms with E-state index in [1.54, 1.807) is 0 Å². The minimum Gasteiger partial charge on any atom is -0.329 e. The van der Waals surface area contributed by atoms with Crippen molar-refractivity contribution < 1.29 is 0 Å². The van der Waals surface area contributed by atoms with Crippen LogP contribution in [-0.4, -0.2) is 19.1 Å². The molecule has 0 aliphatic heterocycles. The minimum atomic E-state index is 0.773. The Kier molecular flexibility index (Phi) is 3.16. The third kappa shape index (κ3) is 2.27. The van der Waals surface area contributed by atoms with Crippen molar-refractivity contribution in [1.82, 2.24) is 5.32 Å². The molecule has 10 heavy (non-hydrogen) atoms. The molecule has 0 amide bonds. The van der Waals surface area contributed by atoms with Crippen LogP contribution in [-0.2, 0) is 0 Å². The lowest BCUT2D eigenvalue weighted by Crippen LogP contribution is -2.25. The summed E-state index contributed by atoms with van der Waals surface area (Å²) in [6.45, 7) is 4.01. The molecule has 2 atom stereocenters. The van der Waals surface area contributed by atoms with Crippen LogP contribution < -0.4 is 11.1 Å². The Morgan fingerprint density at radius 1 is 1.60 bits per heavy atom. The summed E-state index contributed by atoms with van der Waals surface area (Å²) >= 11 is 0. The first-order chi connectivity index (χ1) is 4.88. The van der Waals surface area contributed by atoms with Gasteiger partial charge in [0, 0.05) is 19.1 Å². The number of hydrogen-bond acceptors (Lipinski definition) is 2. The molecule has 0 saturated heterocycles. The summed E-state index contributed by atoms with van der Waals surface area (Å²) in [5.74, 6) is 0.969. The summed E-state index contributed by atoms with van der Waals surface area (Å²) in [5, 5.41) is 3.42. The van der Waals surface area contributed by atoms with E-state index in [9.17, 15) is 0 Å². The predicted octanol–water partition coefficient (Wildman–Crippen LogP) is 0.723. The third-order valence-corrected chi connectivity index (χ3v) is 2.13. The highest BCUT2D eigenvalue weighted by molar-refractivity contribution is 4.92. The Morgan fingerprint density at radius 2 is 2.40 bits per heavy atom. The quantitative estimate of drug-likeness (QED) is 0.593. The highest BCUT2D eigenvalue weighted by atomic mass is 15.0. The molecule has 1 aliphatic rings. The molecule has 1 saturated carbocycles. The normalized spacial score (nSPS) is 30.6. The SMILES string of the molecule is CCCC1CC1NCCN. The highest BCUT2D eigenvalue weighted by Gasteiger charge is 2.34. The van der Waals surface area contributed by atoms with Gasteiger partial charge >= 0.3 is 0 Å². The maximum absolute atomic E-state index is 5.36. The predicted molar refractivity (Wildman–Crippen MR) is 43.9 cm³/mol. The molecule has 0 heterocycles. The van der Waals surface area contributed by atoms with Crippen molar-refractivity contribution in [2.24, 2.45) is 11.7 Å². The number of hydrogen-bond donors (Lipinski definition) is 2. The first-order valence-electron chi connectivity index (χ1n) is 4.32. The third-order valence-electron chi connectivity index (χ3n) is 2.13. The van der Waals surface area contributed by atoms with E-state index in [0.29, 0.717) is 0 Å². The highest BCUT2D eigenvalue weighted by Crippen LogP contribution is 2.34. The zero-order valence-electron chi connectivity index (χ0n) is 6.77. The van der Waals surface area contributed by atoms with E-state index in [0.717, 1.165) is 25.0 Å². The summed E-state index contributed by atoms with van der Waals surface area (Å²) in [5.41, 5.74) is 5.36. The van der Waals surface area contributed by atoms with E-state index in [1.165, 1.54) is 19.3 Å². The van der Waals surface area contributed by atoms with Gasteiger partial charge in [-0.25, -0.2) is 0 Å². The molecule has 0 aromatic rings. The first-order valence-corrected chi connectivity index (χ1v) is 4.32. The van der Waals surface area contributed by atoms with Crippen molar-refractivity contribution in [1.29, 1.82) is 0 Å². The van der Waals surface area contributed by atoms with Crippen molar-refractivity contribution >= 4 is 0 Å². The number of rotatable bonds is 5. The van der Waals surface area contributed by atoms with E-state index < -0.39 is 0 Å². The van der Waals surface area contributed by atoms with Crippen LogP contribution in [0.2, 0.25) is 0 Å². The monoisotopic (exact) mass is 142 g/mol. The molecule has 1 rings (SSSR count). The lowest BCUT2D eigenvalue weighted by molar-refractivity contribution is 0.604. The first kappa shape index (κ1) is 8.02. The van der Waals surface area contributed by atoms with Crippen molar-refractivity contribution in [3.05, 3.63) is 0 Å². The van der Waals surface area contributed by atoms with Gasteiger partial charge in [-0.1, -0.05) is 13.3 Å². The van der Waals surface area contributed by atoms with E-state index in [-0.39, 0.29) is 0 Å². The summed E-state index contributed by atoms with van der Waals surface area (Å²) in [6, 6.07) is 0.809. The van der Waals surface area contributed by atoms with Crippen LogP contribution in [0.25, 0.3) is 0 Å². The second-order valence-electron chi connectivity index (χ2n) is 3.13. The lowest BCUT2D eigenvalue weighted by Gasteiger charge is -1.99. The molecular weight excluding hydrogens is 124 g/mol. The maximum atomic E-state index is 5.36. The van der Waals surface area contributed by atoms with Gasteiger partial charge in [0.05, 0.1) is 0 Å². The van der Waals surface area contributed by atoms with E-state index in [1.807, 2.05) is 0 Å².